The lowest BCUT2D eigenvalue weighted by Crippen LogP contribution is -2.46. The summed E-state index contributed by atoms with van der Waals surface area (Å²) in [6.07, 6.45) is 2.11. The van der Waals surface area contributed by atoms with Gasteiger partial charge in [-0.3, -0.25) is 4.99 Å². The van der Waals surface area contributed by atoms with Gasteiger partial charge in [0.2, 0.25) is 0 Å². The first-order chi connectivity index (χ1) is 10.3. The highest BCUT2D eigenvalue weighted by atomic mass is 16.6. The zero-order valence-electron chi connectivity index (χ0n) is 14.7. The largest absolute Gasteiger partial charge is 0.444 e. The van der Waals surface area contributed by atoms with Crippen LogP contribution >= 0.6 is 0 Å². The molecule has 6 nitrogen and oxygen atoms in total. The summed E-state index contributed by atoms with van der Waals surface area (Å²) in [6.45, 7) is 13.9. The Bertz CT molecular complexity index is 377. The van der Waals surface area contributed by atoms with E-state index in [4.69, 9.17) is 4.74 Å². The van der Waals surface area contributed by atoms with E-state index in [-0.39, 0.29) is 6.09 Å². The van der Waals surface area contributed by atoms with Crippen molar-refractivity contribution >= 4 is 12.1 Å². The number of piperidine rings is 1. The molecule has 0 spiro atoms. The average molecular weight is 312 g/mol. The number of nitrogens with one attached hydrogen (secondary N) is 2. The molecule has 1 rings (SSSR count). The molecule has 1 fully saturated rings. The summed E-state index contributed by atoms with van der Waals surface area (Å²) >= 11 is 0. The number of likely N-dealkylation sites (tertiary alicyclic amines) is 1. The number of hydrogen-bond acceptors (Lipinski definition) is 3. The van der Waals surface area contributed by atoms with Gasteiger partial charge in [-0.2, -0.15) is 0 Å². The molecule has 1 atom stereocenters. The van der Waals surface area contributed by atoms with Crippen LogP contribution < -0.4 is 10.6 Å². The first kappa shape index (κ1) is 18.6. The van der Waals surface area contributed by atoms with Crippen molar-refractivity contribution in [3.63, 3.8) is 0 Å². The summed E-state index contributed by atoms with van der Waals surface area (Å²) in [5, 5.41) is 6.07. The third-order valence-corrected chi connectivity index (χ3v) is 3.33. The number of carbonyl (C=O) groups excluding carboxylic acids is 1. The standard InChI is InChI=1S/C16H32N4O2/c1-6-17-14(20-11-7-8-13(2)12-20)18-9-10-19-15(21)22-16(3,4)5/h13H,6-12H2,1-5H3,(H,17,18)(H,19,21). The molecule has 1 aliphatic heterocycles. The fraction of sp³-hybridized carbons (Fsp3) is 0.875. The molecule has 0 aromatic carbocycles. The Morgan fingerprint density at radius 3 is 2.68 bits per heavy atom. The summed E-state index contributed by atoms with van der Waals surface area (Å²) in [5.41, 5.74) is -0.466. The molecule has 0 aliphatic carbocycles. The highest BCUT2D eigenvalue weighted by molar-refractivity contribution is 5.80. The molecule has 0 saturated carbocycles. The number of nitrogens with zero attached hydrogens (tertiary/aromatic N) is 2. The van der Waals surface area contributed by atoms with Crippen molar-refractivity contribution in [3.8, 4) is 0 Å². The minimum Gasteiger partial charge on any atom is -0.444 e. The van der Waals surface area contributed by atoms with Crippen molar-refractivity contribution < 1.29 is 9.53 Å². The third kappa shape index (κ3) is 7.52. The topological polar surface area (TPSA) is 66.0 Å². The molecule has 1 unspecified atom stereocenters. The van der Waals surface area contributed by atoms with Crippen LogP contribution in [0.3, 0.4) is 0 Å². The van der Waals surface area contributed by atoms with Gasteiger partial charge in [0.1, 0.15) is 5.60 Å². The molecule has 1 aliphatic rings. The maximum Gasteiger partial charge on any atom is 0.407 e. The van der Waals surface area contributed by atoms with Crippen LogP contribution in [0.25, 0.3) is 0 Å². The van der Waals surface area contributed by atoms with Crippen LogP contribution in [0, 0.1) is 5.92 Å². The predicted molar refractivity (Wildman–Crippen MR) is 90.2 cm³/mol. The number of amides is 1. The van der Waals surface area contributed by atoms with Crippen LogP contribution in [0.1, 0.15) is 47.5 Å². The third-order valence-electron chi connectivity index (χ3n) is 3.33. The Hall–Kier alpha value is -1.46. The van der Waals surface area contributed by atoms with Gasteiger partial charge in [-0.25, -0.2) is 4.79 Å². The summed E-state index contributed by atoms with van der Waals surface area (Å²) in [5.74, 6) is 1.65. The van der Waals surface area contributed by atoms with Gasteiger partial charge in [-0.1, -0.05) is 6.92 Å². The average Bonchev–Trinajstić information content (AvgIpc) is 2.40. The SMILES string of the molecule is CCNC(=NCCNC(=O)OC(C)(C)C)N1CCCC(C)C1. The normalized spacial score (nSPS) is 19.8. The smallest absolute Gasteiger partial charge is 0.407 e. The van der Waals surface area contributed by atoms with E-state index in [0.717, 1.165) is 25.6 Å². The molecule has 0 aromatic rings. The van der Waals surface area contributed by atoms with E-state index in [9.17, 15) is 4.79 Å². The number of hydrogen-bond donors (Lipinski definition) is 2. The Morgan fingerprint density at radius 2 is 2.09 bits per heavy atom. The summed E-state index contributed by atoms with van der Waals surface area (Å²) < 4.78 is 5.20. The lowest BCUT2D eigenvalue weighted by molar-refractivity contribution is 0.0529. The van der Waals surface area contributed by atoms with Gasteiger partial charge in [0.05, 0.1) is 6.54 Å². The number of alkyl carbamates (subject to hydrolysis) is 1. The summed E-state index contributed by atoms with van der Waals surface area (Å²) in [6, 6.07) is 0. The minimum atomic E-state index is -0.466. The molecule has 1 heterocycles. The summed E-state index contributed by atoms with van der Waals surface area (Å²) in [7, 11) is 0. The number of ether oxygens (including phenoxy) is 1. The van der Waals surface area contributed by atoms with Crippen LogP contribution in [0.2, 0.25) is 0 Å². The van der Waals surface area contributed by atoms with Gasteiger partial charge in [0.15, 0.2) is 5.96 Å². The highest BCUT2D eigenvalue weighted by Crippen LogP contribution is 2.15. The Morgan fingerprint density at radius 1 is 1.36 bits per heavy atom. The van der Waals surface area contributed by atoms with E-state index < -0.39 is 5.60 Å². The van der Waals surface area contributed by atoms with Gasteiger partial charge in [-0.15, -0.1) is 0 Å². The van der Waals surface area contributed by atoms with Crippen molar-refractivity contribution in [2.45, 2.75) is 53.1 Å². The van der Waals surface area contributed by atoms with E-state index in [0.29, 0.717) is 19.0 Å². The molecule has 2 N–H and O–H groups in total. The molecule has 0 radical (unpaired) electrons. The highest BCUT2D eigenvalue weighted by Gasteiger charge is 2.19. The van der Waals surface area contributed by atoms with E-state index in [1.807, 2.05) is 20.8 Å². The van der Waals surface area contributed by atoms with Crippen molar-refractivity contribution in [3.05, 3.63) is 0 Å². The van der Waals surface area contributed by atoms with E-state index in [1.54, 1.807) is 0 Å². The fourth-order valence-electron chi connectivity index (χ4n) is 2.44. The van der Waals surface area contributed by atoms with Crippen LogP contribution in [-0.4, -0.2) is 55.3 Å². The molecule has 22 heavy (non-hydrogen) atoms. The molecule has 128 valence electrons. The molecular weight excluding hydrogens is 280 g/mol. The van der Waals surface area contributed by atoms with Gasteiger partial charge in [0.25, 0.3) is 0 Å². The second kappa shape index (κ2) is 8.86. The molecule has 1 amide bonds. The molecule has 0 aromatic heterocycles. The monoisotopic (exact) mass is 312 g/mol. The van der Waals surface area contributed by atoms with Crippen LogP contribution in [-0.2, 0) is 4.74 Å². The fourth-order valence-corrected chi connectivity index (χ4v) is 2.44. The van der Waals surface area contributed by atoms with E-state index >= 15 is 0 Å². The van der Waals surface area contributed by atoms with Gasteiger partial charge >= 0.3 is 6.09 Å². The zero-order chi connectivity index (χ0) is 16.6. The van der Waals surface area contributed by atoms with Crippen LogP contribution in [0.15, 0.2) is 4.99 Å². The van der Waals surface area contributed by atoms with Gasteiger partial charge in [-0.05, 0) is 46.5 Å². The first-order valence-corrected chi connectivity index (χ1v) is 8.32. The number of carbonyl (C=O) groups is 1. The summed E-state index contributed by atoms with van der Waals surface area (Å²) in [4.78, 5) is 18.5. The molecule has 1 saturated heterocycles. The maximum atomic E-state index is 11.6. The Kier molecular flexibility index (Phi) is 7.48. The number of guanidine groups is 1. The number of aliphatic imine (C=N–C) groups is 1. The maximum absolute atomic E-state index is 11.6. The lowest BCUT2D eigenvalue weighted by Gasteiger charge is -2.33. The zero-order valence-corrected chi connectivity index (χ0v) is 14.7. The Labute approximate surface area is 134 Å². The minimum absolute atomic E-state index is 0.390. The quantitative estimate of drug-likeness (QED) is 0.474. The lowest BCUT2D eigenvalue weighted by atomic mass is 10.0. The van der Waals surface area contributed by atoms with Crippen LogP contribution in [0.5, 0.6) is 0 Å². The predicted octanol–water partition coefficient (Wildman–Crippen LogP) is 2.21. The van der Waals surface area contributed by atoms with Gasteiger partial charge < -0.3 is 20.3 Å². The first-order valence-electron chi connectivity index (χ1n) is 8.32. The van der Waals surface area contributed by atoms with Gasteiger partial charge in [0, 0.05) is 26.2 Å². The van der Waals surface area contributed by atoms with Crippen molar-refractivity contribution in [1.29, 1.82) is 0 Å². The number of rotatable bonds is 4. The Balaban J connectivity index is 2.41. The van der Waals surface area contributed by atoms with E-state index in [1.165, 1.54) is 12.8 Å². The van der Waals surface area contributed by atoms with Crippen molar-refractivity contribution in [1.82, 2.24) is 15.5 Å². The van der Waals surface area contributed by atoms with Crippen molar-refractivity contribution in [2.75, 3.05) is 32.7 Å². The molecular formula is C16H32N4O2. The van der Waals surface area contributed by atoms with E-state index in [2.05, 4.69) is 34.4 Å². The molecule has 6 heteroatoms. The van der Waals surface area contributed by atoms with Crippen molar-refractivity contribution in [2.24, 2.45) is 10.9 Å². The molecule has 0 bridgehead atoms. The van der Waals surface area contributed by atoms with Crippen LogP contribution in [0.4, 0.5) is 4.79 Å². The second-order valence-corrected chi connectivity index (χ2v) is 6.86. The second-order valence-electron chi connectivity index (χ2n) is 6.86.